The third kappa shape index (κ3) is 3.97. The summed E-state index contributed by atoms with van der Waals surface area (Å²) >= 11 is 0. The number of halogens is 1. The van der Waals surface area contributed by atoms with E-state index in [2.05, 4.69) is 0 Å². The molecular formula is C9H13ClN2O5S. The lowest BCUT2D eigenvalue weighted by atomic mass is 10.3. The quantitative estimate of drug-likeness (QED) is 0.583. The van der Waals surface area contributed by atoms with E-state index in [1.165, 1.54) is 0 Å². The van der Waals surface area contributed by atoms with E-state index in [1.54, 1.807) is 7.11 Å². The summed E-state index contributed by atoms with van der Waals surface area (Å²) in [5.74, 6) is 0. The van der Waals surface area contributed by atoms with Gasteiger partial charge in [-0.2, -0.15) is 0 Å². The maximum absolute atomic E-state index is 11.4. The topological polar surface area (TPSA) is 98.2 Å². The highest BCUT2D eigenvalue weighted by molar-refractivity contribution is 8.13. The Bertz CT molecular complexity index is 619. The molecule has 0 unspecified atom stereocenters. The largest absolute Gasteiger partial charge is 0.385 e. The summed E-state index contributed by atoms with van der Waals surface area (Å²) in [6.45, 7) is 0.817. The highest BCUT2D eigenvalue weighted by atomic mass is 35.7. The van der Waals surface area contributed by atoms with Gasteiger partial charge in [-0.1, -0.05) is 0 Å². The number of rotatable bonds is 6. The minimum Gasteiger partial charge on any atom is -0.385 e. The van der Waals surface area contributed by atoms with E-state index in [1.807, 2.05) is 4.98 Å². The van der Waals surface area contributed by atoms with Gasteiger partial charge in [0.15, 0.2) is 4.90 Å². The maximum atomic E-state index is 11.4. The Morgan fingerprint density at radius 2 is 2.06 bits per heavy atom. The molecule has 1 rings (SSSR count). The minimum absolute atomic E-state index is 0.276. The number of methoxy groups -OCH3 is 1. The van der Waals surface area contributed by atoms with Crippen LogP contribution in [-0.2, 0) is 20.3 Å². The van der Waals surface area contributed by atoms with Gasteiger partial charge >= 0.3 is 5.69 Å². The predicted molar refractivity (Wildman–Crippen MR) is 65.5 cm³/mol. The van der Waals surface area contributed by atoms with Gasteiger partial charge in [0.2, 0.25) is 0 Å². The summed E-state index contributed by atoms with van der Waals surface area (Å²) in [6, 6.07) is 0. The summed E-state index contributed by atoms with van der Waals surface area (Å²) in [4.78, 5) is 24.0. The molecule has 0 bridgehead atoms. The van der Waals surface area contributed by atoms with Crippen molar-refractivity contribution in [3.63, 3.8) is 0 Å². The summed E-state index contributed by atoms with van der Waals surface area (Å²) in [7, 11) is 2.48. The molecule has 7 nitrogen and oxygen atoms in total. The molecule has 1 aromatic rings. The molecule has 0 saturated carbocycles. The monoisotopic (exact) mass is 296 g/mol. The van der Waals surface area contributed by atoms with Crippen molar-refractivity contribution < 1.29 is 13.2 Å². The molecule has 0 aliphatic carbocycles. The van der Waals surface area contributed by atoms with Crippen LogP contribution in [0.4, 0.5) is 0 Å². The van der Waals surface area contributed by atoms with E-state index >= 15 is 0 Å². The van der Waals surface area contributed by atoms with Crippen molar-refractivity contribution in [1.29, 1.82) is 0 Å². The zero-order chi connectivity index (χ0) is 13.8. The summed E-state index contributed by atoms with van der Waals surface area (Å²) in [5, 5.41) is 0. The number of hydrogen-bond acceptors (Lipinski definition) is 5. The zero-order valence-corrected chi connectivity index (χ0v) is 11.3. The molecule has 1 heterocycles. The van der Waals surface area contributed by atoms with Crippen LogP contribution in [0.15, 0.2) is 20.7 Å². The minimum atomic E-state index is -4.16. The first-order chi connectivity index (χ1) is 8.36. The smallest absolute Gasteiger partial charge is 0.328 e. The van der Waals surface area contributed by atoms with E-state index < -0.39 is 25.2 Å². The van der Waals surface area contributed by atoms with Crippen molar-refractivity contribution in [3.8, 4) is 0 Å². The van der Waals surface area contributed by atoms with Crippen molar-refractivity contribution in [1.82, 2.24) is 9.55 Å². The molecule has 0 radical (unpaired) electrons. The third-order valence-electron chi connectivity index (χ3n) is 2.24. The Labute approximate surface area is 108 Å². The Morgan fingerprint density at radius 3 is 2.61 bits per heavy atom. The molecule has 18 heavy (non-hydrogen) atoms. The molecule has 0 spiro atoms. The average Bonchev–Trinajstić information content (AvgIpc) is 2.25. The summed E-state index contributed by atoms with van der Waals surface area (Å²) < 4.78 is 28.2. The molecule has 1 aromatic heterocycles. The summed E-state index contributed by atoms with van der Waals surface area (Å²) in [6.07, 6.45) is 2.28. The van der Waals surface area contributed by atoms with Gasteiger partial charge in [0.25, 0.3) is 14.6 Å². The predicted octanol–water partition coefficient (Wildman–Crippen LogP) is -0.109. The van der Waals surface area contributed by atoms with E-state index in [4.69, 9.17) is 15.4 Å². The van der Waals surface area contributed by atoms with E-state index in [-0.39, 0.29) is 6.54 Å². The molecule has 0 aliphatic heterocycles. The standard InChI is InChI=1S/C9H13ClN2O5S/c1-17-5-3-2-4-12-6-7(18(10,15)16)8(13)11-9(12)14/h6H,2-5H2,1H3,(H,11,13,14). The second kappa shape index (κ2) is 6.17. The lowest BCUT2D eigenvalue weighted by Gasteiger charge is -2.05. The highest BCUT2D eigenvalue weighted by Crippen LogP contribution is 2.07. The second-order valence-corrected chi connectivity index (χ2v) is 6.12. The fourth-order valence-electron chi connectivity index (χ4n) is 1.36. The maximum Gasteiger partial charge on any atom is 0.328 e. The van der Waals surface area contributed by atoms with Crippen LogP contribution in [0.5, 0.6) is 0 Å². The Hall–Kier alpha value is -1.12. The van der Waals surface area contributed by atoms with E-state index in [9.17, 15) is 18.0 Å². The molecular weight excluding hydrogens is 284 g/mol. The van der Waals surface area contributed by atoms with Crippen LogP contribution in [0.1, 0.15) is 12.8 Å². The summed E-state index contributed by atoms with van der Waals surface area (Å²) in [5.41, 5.74) is -1.68. The number of H-pyrrole nitrogens is 1. The zero-order valence-electron chi connectivity index (χ0n) is 9.68. The number of aromatic amines is 1. The van der Waals surface area contributed by atoms with Gasteiger partial charge in [-0.25, -0.2) is 13.2 Å². The Kier molecular flexibility index (Phi) is 5.12. The first-order valence-electron chi connectivity index (χ1n) is 5.13. The molecule has 102 valence electrons. The van der Waals surface area contributed by atoms with Crippen LogP contribution in [-0.4, -0.2) is 31.7 Å². The molecule has 9 heteroatoms. The lowest BCUT2D eigenvalue weighted by molar-refractivity contribution is 0.191. The van der Waals surface area contributed by atoms with Crippen molar-refractivity contribution in [2.75, 3.05) is 13.7 Å². The SMILES string of the molecule is COCCCCn1cc(S(=O)(=O)Cl)c(=O)[nH]c1=O. The lowest BCUT2D eigenvalue weighted by Crippen LogP contribution is -2.32. The number of aromatic nitrogens is 2. The number of ether oxygens (including phenoxy) is 1. The van der Waals surface area contributed by atoms with Gasteiger partial charge in [-0.3, -0.25) is 14.3 Å². The Morgan fingerprint density at radius 1 is 1.39 bits per heavy atom. The normalized spacial score (nSPS) is 11.7. The molecule has 0 aliphatic rings. The van der Waals surface area contributed by atoms with Gasteiger partial charge in [0, 0.05) is 37.1 Å². The van der Waals surface area contributed by atoms with Crippen LogP contribution in [0.25, 0.3) is 0 Å². The highest BCUT2D eigenvalue weighted by Gasteiger charge is 2.16. The number of aryl methyl sites for hydroxylation is 1. The fourth-order valence-corrected chi connectivity index (χ4v) is 2.21. The number of hydrogen-bond donors (Lipinski definition) is 1. The van der Waals surface area contributed by atoms with Gasteiger partial charge in [-0.05, 0) is 12.8 Å². The molecule has 0 atom stereocenters. The fraction of sp³-hybridized carbons (Fsp3) is 0.556. The number of nitrogens with zero attached hydrogens (tertiary/aromatic N) is 1. The van der Waals surface area contributed by atoms with Gasteiger partial charge in [0.1, 0.15) is 0 Å². The van der Waals surface area contributed by atoms with Crippen LogP contribution < -0.4 is 11.2 Å². The Balaban J connectivity index is 3.00. The molecule has 0 aromatic carbocycles. The van der Waals surface area contributed by atoms with Crippen LogP contribution in [0, 0.1) is 0 Å². The van der Waals surface area contributed by atoms with E-state index in [0.717, 1.165) is 10.8 Å². The van der Waals surface area contributed by atoms with Crippen molar-refractivity contribution in [2.24, 2.45) is 0 Å². The van der Waals surface area contributed by atoms with Crippen molar-refractivity contribution in [2.45, 2.75) is 24.3 Å². The first kappa shape index (κ1) is 14.9. The van der Waals surface area contributed by atoms with Crippen molar-refractivity contribution in [3.05, 3.63) is 27.0 Å². The van der Waals surface area contributed by atoms with E-state index in [0.29, 0.717) is 19.4 Å². The average molecular weight is 297 g/mol. The number of nitrogens with one attached hydrogen (secondary N) is 1. The number of unbranched alkanes of at least 4 members (excludes halogenated alkanes) is 1. The van der Waals surface area contributed by atoms with Crippen LogP contribution in [0.2, 0.25) is 0 Å². The second-order valence-electron chi connectivity index (χ2n) is 3.58. The van der Waals surface area contributed by atoms with Gasteiger partial charge in [-0.15, -0.1) is 0 Å². The third-order valence-corrected chi connectivity index (χ3v) is 3.55. The van der Waals surface area contributed by atoms with Gasteiger partial charge < -0.3 is 4.74 Å². The van der Waals surface area contributed by atoms with Crippen LogP contribution in [0.3, 0.4) is 0 Å². The molecule has 0 fully saturated rings. The first-order valence-corrected chi connectivity index (χ1v) is 7.44. The molecule has 1 N–H and O–H groups in total. The van der Waals surface area contributed by atoms with Crippen LogP contribution >= 0.6 is 10.7 Å². The molecule has 0 saturated heterocycles. The molecule has 0 amide bonds. The van der Waals surface area contributed by atoms with Crippen molar-refractivity contribution >= 4 is 19.7 Å². The van der Waals surface area contributed by atoms with Gasteiger partial charge in [0.05, 0.1) is 0 Å².